The molecule has 7 nitrogen and oxygen atoms in total. The number of amides is 1. The third-order valence-electron chi connectivity index (χ3n) is 4.94. The Morgan fingerprint density at radius 1 is 1.07 bits per heavy atom. The molecule has 0 aromatic heterocycles. The molecule has 1 amide bonds. The molecule has 0 aliphatic carbocycles. The summed E-state index contributed by atoms with van der Waals surface area (Å²) in [7, 11) is -0.290. The molecule has 0 saturated carbocycles. The number of methoxy groups -OCH3 is 2. The predicted octanol–water partition coefficient (Wildman–Crippen LogP) is 2.82. The Bertz CT molecular complexity index is 1010. The summed E-state index contributed by atoms with van der Waals surface area (Å²) in [5, 5.41) is 2.79. The molecule has 1 heterocycles. The molecular weight excluding hydrogens is 404 g/mol. The molecule has 0 spiro atoms. The van der Waals surface area contributed by atoms with Gasteiger partial charge >= 0.3 is 0 Å². The second-order valence-electron chi connectivity index (χ2n) is 6.91. The number of rotatable bonds is 8. The Morgan fingerprint density at radius 3 is 2.40 bits per heavy atom. The van der Waals surface area contributed by atoms with Crippen molar-refractivity contribution in [1.29, 1.82) is 0 Å². The van der Waals surface area contributed by atoms with Crippen LogP contribution in [0.3, 0.4) is 0 Å². The Kier molecular flexibility index (Phi) is 7.12. The largest absolute Gasteiger partial charge is 0.497 e. The Hall–Kier alpha value is -2.84. The molecule has 2 aromatic rings. The quantitative estimate of drug-likeness (QED) is 0.651. The van der Waals surface area contributed by atoms with Gasteiger partial charge in [0.05, 0.1) is 19.1 Å². The third kappa shape index (κ3) is 5.20. The van der Waals surface area contributed by atoms with Gasteiger partial charge < -0.3 is 14.8 Å². The topological polar surface area (TPSA) is 84.9 Å². The molecule has 1 saturated heterocycles. The first kappa shape index (κ1) is 21.9. The van der Waals surface area contributed by atoms with Crippen LogP contribution in [0.15, 0.2) is 53.4 Å². The fourth-order valence-corrected chi connectivity index (χ4v) is 4.76. The molecule has 1 aliphatic heterocycles. The van der Waals surface area contributed by atoms with Gasteiger partial charge in [-0.2, -0.15) is 4.31 Å². The van der Waals surface area contributed by atoms with E-state index in [9.17, 15) is 13.2 Å². The van der Waals surface area contributed by atoms with Crippen molar-refractivity contribution in [3.63, 3.8) is 0 Å². The van der Waals surface area contributed by atoms with Gasteiger partial charge in [-0.15, -0.1) is 0 Å². The molecule has 0 atom stereocenters. The summed E-state index contributed by atoms with van der Waals surface area (Å²) in [6, 6.07) is 12.0. The minimum absolute atomic E-state index is 0.270. The lowest BCUT2D eigenvalue weighted by molar-refractivity contribution is -0.116. The van der Waals surface area contributed by atoms with E-state index in [-0.39, 0.29) is 10.8 Å². The zero-order chi connectivity index (χ0) is 21.6. The van der Waals surface area contributed by atoms with E-state index >= 15 is 0 Å². The van der Waals surface area contributed by atoms with Crippen molar-refractivity contribution < 1.29 is 22.7 Å². The molecular formula is C22H26N2O5S. The molecule has 0 unspecified atom stereocenters. The predicted molar refractivity (Wildman–Crippen MR) is 115 cm³/mol. The molecule has 0 radical (unpaired) electrons. The number of nitrogens with one attached hydrogen (secondary N) is 1. The number of carbonyl (C=O) groups excluding carboxylic acids is 1. The average molecular weight is 431 g/mol. The van der Waals surface area contributed by atoms with Crippen molar-refractivity contribution in [2.24, 2.45) is 0 Å². The number of nitrogens with zero attached hydrogens (tertiary/aromatic N) is 1. The molecule has 1 N–H and O–H groups in total. The van der Waals surface area contributed by atoms with Gasteiger partial charge in [0, 0.05) is 31.3 Å². The standard InChI is InChI=1S/C22H26N2O5S/c1-28-19-8-11-21(29-2)18(15-19)7-12-22(25)23-16-17-5-9-20(10-6-17)30(26,27)24-13-3-4-14-24/h5-12,15H,3-4,13-14,16H2,1-2H3,(H,23,25)/b12-7+. The van der Waals surface area contributed by atoms with Crippen LogP contribution in [-0.4, -0.2) is 45.9 Å². The monoisotopic (exact) mass is 430 g/mol. The highest BCUT2D eigenvalue weighted by atomic mass is 32.2. The summed E-state index contributed by atoms with van der Waals surface area (Å²) in [4.78, 5) is 12.5. The summed E-state index contributed by atoms with van der Waals surface area (Å²) in [6.45, 7) is 1.44. The first-order valence-electron chi connectivity index (χ1n) is 9.71. The molecule has 160 valence electrons. The first-order valence-corrected chi connectivity index (χ1v) is 11.1. The molecule has 0 bridgehead atoms. The van der Waals surface area contributed by atoms with Crippen LogP contribution >= 0.6 is 0 Å². The Morgan fingerprint density at radius 2 is 1.77 bits per heavy atom. The van der Waals surface area contributed by atoms with Crippen molar-refractivity contribution in [1.82, 2.24) is 9.62 Å². The van der Waals surface area contributed by atoms with Gasteiger partial charge in [0.25, 0.3) is 0 Å². The van der Waals surface area contributed by atoms with Crippen LogP contribution in [0.1, 0.15) is 24.0 Å². The maximum absolute atomic E-state index is 12.6. The molecule has 1 fully saturated rings. The normalized spacial score (nSPS) is 14.7. The van der Waals surface area contributed by atoms with Crippen molar-refractivity contribution in [3.05, 3.63) is 59.7 Å². The zero-order valence-electron chi connectivity index (χ0n) is 17.1. The minimum atomic E-state index is -3.43. The SMILES string of the molecule is COc1ccc(OC)c(/C=C/C(=O)NCc2ccc(S(=O)(=O)N3CCCC3)cc2)c1. The van der Waals surface area contributed by atoms with Crippen LogP contribution in [-0.2, 0) is 21.4 Å². The van der Waals surface area contributed by atoms with E-state index < -0.39 is 10.0 Å². The van der Waals surface area contributed by atoms with Gasteiger partial charge in [-0.25, -0.2) is 8.42 Å². The molecule has 2 aromatic carbocycles. The van der Waals surface area contributed by atoms with Crippen LogP contribution in [0.2, 0.25) is 0 Å². The average Bonchev–Trinajstić information content (AvgIpc) is 3.32. The highest BCUT2D eigenvalue weighted by molar-refractivity contribution is 7.89. The van der Waals surface area contributed by atoms with E-state index in [1.807, 2.05) is 0 Å². The highest BCUT2D eigenvalue weighted by Gasteiger charge is 2.26. The Balaban J connectivity index is 1.59. The van der Waals surface area contributed by atoms with Crippen LogP contribution in [0, 0.1) is 0 Å². The first-order chi connectivity index (χ1) is 14.4. The summed E-state index contributed by atoms with van der Waals surface area (Å²) in [6.07, 6.45) is 4.88. The van der Waals surface area contributed by atoms with Gasteiger partial charge in [0.1, 0.15) is 11.5 Å². The van der Waals surface area contributed by atoms with Gasteiger partial charge in [0.15, 0.2) is 0 Å². The van der Waals surface area contributed by atoms with Crippen molar-refractivity contribution in [2.45, 2.75) is 24.3 Å². The van der Waals surface area contributed by atoms with Gasteiger partial charge in [0.2, 0.25) is 15.9 Å². The minimum Gasteiger partial charge on any atom is -0.497 e. The summed E-state index contributed by atoms with van der Waals surface area (Å²) in [5.74, 6) is 1.03. The van der Waals surface area contributed by atoms with Gasteiger partial charge in [-0.3, -0.25) is 4.79 Å². The van der Waals surface area contributed by atoms with E-state index in [0.29, 0.717) is 31.1 Å². The van der Waals surface area contributed by atoms with E-state index in [1.165, 1.54) is 10.4 Å². The number of benzene rings is 2. The van der Waals surface area contributed by atoms with Gasteiger partial charge in [-0.1, -0.05) is 12.1 Å². The Labute approximate surface area is 177 Å². The molecule has 8 heteroatoms. The molecule has 3 rings (SSSR count). The van der Waals surface area contributed by atoms with Gasteiger partial charge in [-0.05, 0) is 54.8 Å². The lowest BCUT2D eigenvalue weighted by Gasteiger charge is -2.15. The van der Waals surface area contributed by atoms with Crippen LogP contribution in [0.4, 0.5) is 0 Å². The number of hydrogen-bond acceptors (Lipinski definition) is 5. The van der Waals surface area contributed by atoms with Crippen LogP contribution < -0.4 is 14.8 Å². The second kappa shape index (κ2) is 9.77. The van der Waals surface area contributed by atoms with Crippen molar-refractivity contribution in [3.8, 4) is 11.5 Å². The van der Waals surface area contributed by atoms with Crippen LogP contribution in [0.5, 0.6) is 11.5 Å². The van der Waals surface area contributed by atoms with E-state index in [1.54, 1.807) is 62.8 Å². The maximum atomic E-state index is 12.6. The number of sulfonamides is 1. The number of carbonyl (C=O) groups is 1. The molecule has 30 heavy (non-hydrogen) atoms. The number of hydrogen-bond donors (Lipinski definition) is 1. The van der Waals surface area contributed by atoms with E-state index in [4.69, 9.17) is 9.47 Å². The van der Waals surface area contributed by atoms with E-state index in [2.05, 4.69) is 5.32 Å². The fourth-order valence-electron chi connectivity index (χ4n) is 3.24. The van der Waals surface area contributed by atoms with E-state index in [0.717, 1.165) is 24.0 Å². The lowest BCUT2D eigenvalue weighted by Crippen LogP contribution is -2.27. The summed E-state index contributed by atoms with van der Waals surface area (Å²) < 4.78 is 37.1. The van der Waals surface area contributed by atoms with Crippen molar-refractivity contribution in [2.75, 3.05) is 27.3 Å². The summed E-state index contributed by atoms with van der Waals surface area (Å²) >= 11 is 0. The van der Waals surface area contributed by atoms with Crippen LogP contribution in [0.25, 0.3) is 6.08 Å². The van der Waals surface area contributed by atoms with Crippen molar-refractivity contribution >= 4 is 22.0 Å². The smallest absolute Gasteiger partial charge is 0.244 e. The molecule has 1 aliphatic rings. The lowest BCUT2D eigenvalue weighted by atomic mass is 10.1. The number of ether oxygens (including phenoxy) is 2. The third-order valence-corrected chi connectivity index (χ3v) is 6.86. The summed E-state index contributed by atoms with van der Waals surface area (Å²) in [5.41, 5.74) is 1.54. The highest BCUT2D eigenvalue weighted by Crippen LogP contribution is 2.25. The fraction of sp³-hybridized carbons (Fsp3) is 0.318. The second-order valence-corrected chi connectivity index (χ2v) is 8.85. The maximum Gasteiger partial charge on any atom is 0.244 e. The zero-order valence-corrected chi connectivity index (χ0v) is 17.9.